The third kappa shape index (κ3) is 2.31. The van der Waals surface area contributed by atoms with Crippen LogP contribution in [-0.4, -0.2) is 20.0 Å². The Bertz CT molecular complexity index is 491. The van der Waals surface area contributed by atoms with Crippen molar-refractivity contribution in [2.75, 3.05) is 0 Å². The Morgan fingerprint density at radius 1 is 1.69 bits per heavy atom. The lowest BCUT2D eigenvalue weighted by Crippen LogP contribution is -2.08. The number of nitrogens with zero attached hydrogens (tertiary/aromatic N) is 3. The van der Waals surface area contributed by atoms with Gasteiger partial charge >= 0.3 is 0 Å². The second-order valence-corrected chi connectivity index (χ2v) is 4.21. The average molecular weight is 287 g/mol. The molecule has 2 aromatic heterocycles. The number of halogens is 1. The number of rotatable bonds is 3. The summed E-state index contributed by atoms with van der Waals surface area (Å²) >= 11 is 3.34. The standard InChI is InChI=1S/C9H11BrN4O2/c1-14-4-5(8(10)12-14)2-6-3-7(9(11)15)13-16-6/h3-4,9,15H,2,11H2,1H3. The number of hydrogen-bond donors (Lipinski definition) is 2. The summed E-state index contributed by atoms with van der Waals surface area (Å²) < 4.78 is 7.51. The van der Waals surface area contributed by atoms with E-state index < -0.39 is 6.23 Å². The summed E-state index contributed by atoms with van der Waals surface area (Å²) in [6.07, 6.45) is 1.33. The molecule has 0 saturated heterocycles. The molecule has 7 heteroatoms. The lowest BCUT2D eigenvalue weighted by molar-refractivity contribution is 0.175. The van der Waals surface area contributed by atoms with Crippen LogP contribution in [0, 0.1) is 0 Å². The number of aryl methyl sites for hydroxylation is 1. The molecule has 0 aliphatic rings. The average Bonchev–Trinajstić information content (AvgIpc) is 2.75. The molecule has 0 fully saturated rings. The highest BCUT2D eigenvalue weighted by molar-refractivity contribution is 9.10. The maximum absolute atomic E-state index is 9.09. The van der Waals surface area contributed by atoms with Gasteiger partial charge < -0.3 is 15.4 Å². The van der Waals surface area contributed by atoms with E-state index in [1.807, 2.05) is 13.2 Å². The fourth-order valence-corrected chi connectivity index (χ4v) is 1.86. The zero-order valence-electron chi connectivity index (χ0n) is 8.59. The first-order chi connectivity index (χ1) is 7.56. The van der Waals surface area contributed by atoms with Crippen LogP contribution in [0.3, 0.4) is 0 Å². The molecule has 0 bridgehead atoms. The van der Waals surface area contributed by atoms with Crippen molar-refractivity contribution < 1.29 is 9.63 Å². The minimum absolute atomic E-state index is 0.329. The Balaban J connectivity index is 2.17. The molecule has 1 unspecified atom stereocenters. The highest BCUT2D eigenvalue weighted by Gasteiger charge is 2.12. The molecule has 16 heavy (non-hydrogen) atoms. The van der Waals surface area contributed by atoms with E-state index in [9.17, 15) is 0 Å². The molecule has 0 amide bonds. The van der Waals surface area contributed by atoms with Crippen LogP contribution in [0.25, 0.3) is 0 Å². The number of aliphatic hydroxyl groups excluding tert-OH is 1. The number of aromatic nitrogens is 3. The molecular weight excluding hydrogens is 276 g/mol. The molecule has 2 heterocycles. The van der Waals surface area contributed by atoms with Gasteiger partial charge in [0.2, 0.25) is 0 Å². The van der Waals surface area contributed by atoms with Crippen molar-refractivity contribution in [3.05, 3.63) is 33.9 Å². The van der Waals surface area contributed by atoms with Crippen molar-refractivity contribution in [1.29, 1.82) is 0 Å². The zero-order valence-corrected chi connectivity index (χ0v) is 10.2. The maximum Gasteiger partial charge on any atom is 0.149 e. The first kappa shape index (κ1) is 11.3. The van der Waals surface area contributed by atoms with Crippen molar-refractivity contribution in [2.24, 2.45) is 12.8 Å². The van der Waals surface area contributed by atoms with E-state index >= 15 is 0 Å². The van der Waals surface area contributed by atoms with Crippen LogP contribution in [-0.2, 0) is 13.5 Å². The predicted octanol–water partition coefficient (Wildman–Crippen LogP) is 0.711. The van der Waals surface area contributed by atoms with Crippen LogP contribution in [0.15, 0.2) is 21.4 Å². The van der Waals surface area contributed by atoms with Crippen LogP contribution in [0.5, 0.6) is 0 Å². The molecule has 0 radical (unpaired) electrons. The second-order valence-electron chi connectivity index (χ2n) is 3.46. The fourth-order valence-electron chi connectivity index (χ4n) is 1.37. The highest BCUT2D eigenvalue weighted by atomic mass is 79.9. The minimum Gasteiger partial charge on any atom is -0.373 e. The normalized spacial score (nSPS) is 13.0. The Morgan fingerprint density at radius 2 is 2.44 bits per heavy atom. The summed E-state index contributed by atoms with van der Waals surface area (Å²) in [5.41, 5.74) is 6.57. The van der Waals surface area contributed by atoms with Gasteiger partial charge in [-0.05, 0) is 15.9 Å². The van der Waals surface area contributed by atoms with Gasteiger partial charge in [-0.3, -0.25) is 4.68 Å². The number of nitrogens with two attached hydrogens (primary N) is 1. The molecule has 86 valence electrons. The number of hydrogen-bond acceptors (Lipinski definition) is 5. The molecule has 0 aromatic carbocycles. The smallest absolute Gasteiger partial charge is 0.149 e. The summed E-state index contributed by atoms with van der Waals surface area (Å²) in [7, 11) is 1.84. The van der Waals surface area contributed by atoms with Crippen LogP contribution in [0.4, 0.5) is 0 Å². The van der Waals surface area contributed by atoms with Gasteiger partial charge in [0.15, 0.2) is 0 Å². The third-order valence-electron chi connectivity index (χ3n) is 2.10. The van der Waals surface area contributed by atoms with E-state index in [0.717, 1.165) is 10.2 Å². The summed E-state index contributed by atoms with van der Waals surface area (Å²) in [6.45, 7) is 0. The van der Waals surface area contributed by atoms with E-state index in [2.05, 4.69) is 26.2 Å². The second kappa shape index (κ2) is 4.36. The van der Waals surface area contributed by atoms with Crippen LogP contribution < -0.4 is 5.73 Å². The first-order valence-corrected chi connectivity index (χ1v) is 5.42. The molecule has 6 nitrogen and oxygen atoms in total. The van der Waals surface area contributed by atoms with Crippen LogP contribution in [0.2, 0.25) is 0 Å². The van der Waals surface area contributed by atoms with Gasteiger partial charge in [0.1, 0.15) is 22.3 Å². The minimum atomic E-state index is -1.10. The van der Waals surface area contributed by atoms with Gasteiger partial charge in [0.05, 0.1) is 0 Å². The lowest BCUT2D eigenvalue weighted by atomic mass is 10.2. The third-order valence-corrected chi connectivity index (χ3v) is 2.77. The van der Waals surface area contributed by atoms with E-state index in [1.165, 1.54) is 0 Å². The zero-order chi connectivity index (χ0) is 11.7. The van der Waals surface area contributed by atoms with Crippen molar-refractivity contribution in [1.82, 2.24) is 14.9 Å². The molecule has 0 aliphatic heterocycles. The largest absolute Gasteiger partial charge is 0.373 e. The quantitative estimate of drug-likeness (QED) is 0.811. The van der Waals surface area contributed by atoms with Crippen molar-refractivity contribution >= 4 is 15.9 Å². The molecule has 1 atom stereocenters. The van der Waals surface area contributed by atoms with Gasteiger partial charge in [-0.2, -0.15) is 5.10 Å². The van der Waals surface area contributed by atoms with E-state index in [4.69, 9.17) is 15.4 Å². The summed E-state index contributed by atoms with van der Waals surface area (Å²) in [5.74, 6) is 0.633. The molecule has 3 N–H and O–H groups in total. The van der Waals surface area contributed by atoms with Crippen molar-refractivity contribution in [3.8, 4) is 0 Å². The molecule has 0 saturated carbocycles. The van der Waals surface area contributed by atoms with E-state index in [0.29, 0.717) is 17.9 Å². The monoisotopic (exact) mass is 286 g/mol. The first-order valence-electron chi connectivity index (χ1n) is 4.63. The SMILES string of the molecule is Cn1cc(Cc2cc(C(N)O)no2)c(Br)n1. The van der Waals surface area contributed by atoms with E-state index in [1.54, 1.807) is 10.7 Å². The van der Waals surface area contributed by atoms with Gasteiger partial charge in [0.25, 0.3) is 0 Å². The molecule has 0 spiro atoms. The van der Waals surface area contributed by atoms with Gasteiger partial charge in [-0.1, -0.05) is 5.16 Å². The Kier molecular flexibility index (Phi) is 3.08. The molecule has 2 rings (SSSR count). The lowest BCUT2D eigenvalue weighted by Gasteiger charge is -1.94. The molecular formula is C9H11BrN4O2. The fraction of sp³-hybridized carbons (Fsp3) is 0.333. The van der Waals surface area contributed by atoms with Gasteiger partial charge in [0, 0.05) is 31.3 Å². The maximum atomic E-state index is 9.09. The predicted molar refractivity (Wildman–Crippen MR) is 59.4 cm³/mol. The van der Waals surface area contributed by atoms with E-state index in [-0.39, 0.29) is 0 Å². The van der Waals surface area contributed by atoms with Crippen LogP contribution >= 0.6 is 15.9 Å². The summed E-state index contributed by atoms with van der Waals surface area (Å²) in [5, 5.41) is 16.9. The van der Waals surface area contributed by atoms with Crippen molar-refractivity contribution in [3.63, 3.8) is 0 Å². The van der Waals surface area contributed by atoms with Crippen LogP contribution in [0.1, 0.15) is 23.2 Å². The summed E-state index contributed by atoms with van der Waals surface area (Å²) in [4.78, 5) is 0. The topological polar surface area (TPSA) is 90.1 Å². The van der Waals surface area contributed by atoms with Gasteiger partial charge in [-0.25, -0.2) is 0 Å². The highest BCUT2D eigenvalue weighted by Crippen LogP contribution is 2.19. The van der Waals surface area contributed by atoms with Gasteiger partial charge in [-0.15, -0.1) is 0 Å². The Hall–Kier alpha value is -1.18. The summed E-state index contributed by atoms with van der Waals surface area (Å²) in [6, 6.07) is 1.63. The Labute approximate surface area is 100 Å². The van der Waals surface area contributed by atoms with Crippen molar-refractivity contribution in [2.45, 2.75) is 12.6 Å². The Morgan fingerprint density at radius 3 is 2.94 bits per heavy atom. The molecule has 0 aliphatic carbocycles. The molecule has 2 aromatic rings. The number of aliphatic hydroxyl groups is 1.